The van der Waals surface area contributed by atoms with E-state index in [4.69, 9.17) is 10.4 Å². The minimum Gasteiger partial charge on any atom is -0.481 e. The Kier molecular flexibility index (Phi) is 4.62. The van der Waals surface area contributed by atoms with Crippen LogP contribution in [0, 0.1) is 14.9 Å². The lowest BCUT2D eigenvalue weighted by Crippen LogP contribution is -2.08. The largest absolute Gasteiger partial charge is 0.481 e. The van der Waals surface area contributed by atoms with Crippen molar-refractivity contribution in [1.82, 2.24) is 0 Å². The summed E-state index contributed by atoms with van der Waals surface area (Å²) in [5, 5.41) is 17.5. The number of nitrogens with zero attached hydrogens (tertiary/aromatic N) is 1. The number of alkyl halides is 2. The lowest BCUT2D eigenvalue weighted by Gasteiger charge is -2.10. The van der Waals surface area contributed by atoms with Crippen molar-refractivity contribution in [2.75, 3.05) is 0 Å². The summed E-state index contributed by atoms with van der Waals surface area (Å²) >= 11 is 1.83. The topological polar surface area (TPSA) is 70.3 Å². The van der Waals surface area contributed by atoms with Gasteiger partial charge in [0.1, 0.15) is 11.8 Å². The fourth-order valence-corrected chi connectivity index (χ4v) is 1.91. The van der Waals surface area contributed by atoms with E-state index in [2.05, 4.69) is 4.74 Å². The quantitative estimate of drug-likeness (QED) is 0.844. The fourth-order valence-electron chi connectivity index (χ4n) is 1.25. The van der Waals surface area contributed by atoms with Gasteiger partial charge in [-0.25, -0.2) is 0 Å². The van der Waals surface area contributed by atoms with Crippen LogP contribution in [-0.4, -0.2) is 17.7 Å². The number of hydrogen-bond donors (Lipinski definition) is 1. The summed E-state index contributed by atoms with van der Waals surface area (Å²) in [5.74, 6) is -1.45. The van der Waals surface area contributed by atoms with Crippen molar-refractivity contribution in [1.29, 1.82) is 5.26 Å². The van der Waals surface area contributed by atoms with Crippen LogP contribution in [0.5, 0.6) is 5.75 Å². The van der Waals surface area contributed by atoms with Crippen LogP contribution in [0.15, 0.2) is 12.1 Å². The summed E-state index contributed by atoms with van der Waals surface area (Å²) in [7, 11) is 0. The summed E-state index contributed by atoms with van der Waals surface area (Å²) in [6, 6.07) is 4.39. The van der Waals surface area contributed by atoms with Gasteiger partial charge in [0, 0.05) is 3.57 Å². The van der Waals surface area contributed by atoms with Crippen LogP contribution in [0.2, 0.25) is 0 Å². The molecule has 0 radical (unpaired) electrons. The van der Waals surface area contributed by atoms with Crippen LogP contribution >= 0.6 is 22.6 Å². The van der Waals surface area contributed by atoms with Crippen molar-refractivity contribution in [3.8, 4) is 11.8 Å². The predicted molar refractivity (Wildman–Crippen MR) is 61.8 cm³/mol. The van der Waals surface area contributed by atoms with E-state index in [0.717, 1.165) is 0 Å². The summed E-state index contributed by atoms with van der Waals surface area (Å²) in [6.45, 7) is -3.06. The molecule has 0 aliphatic heterocycles. The molecule has 17 heavy (non-hydrogen) atoms. The monoisotopic (exact) mass is 353 g/mol. The zero-order valence-corrected chi connectivity index (χ0v) is 10.4. The van der Waals surface area contributed by atoms with Crippen molar-refractivity contribution in [2.24, 2.45) is 0 Å². The molecule has 1 rings (SSSR count). The van der Waals surface area contributed by atoms with Gasteiger partial charge in [-0.05, 0) is 40.3 Å². The van der Waals surface area contributed by atoms with Crippen molar-refractivity contribution in [3.05, 3.63) is 26.8 Å². The molecule has 7 heteroatoms. The van der Waals surface area contributed by atoms with Gasteiger partial charge in [-0.3, -0.25) is 4.79 Å². The number of halogens is 3. The van der Waals surface area contributed by atoms with Gasteiger partial charge in [-0.2, -0.15) is 14.0 Å². The summed E-state index contributed by atoms with van der Waals surface area (Å²) in [5.41, 5.74) is -0.0179. The zero-order chi connectivity index (χ0) is 13.0. The maximum absolute atomic E-state index is 12.1. The average molecular weight is 353 g/mol. The second-order valence-electron chi connectivity index (χ2n) is 3.00. The molecule has 0 aromatic heterocycles. The second kappa shape index (κ2) is 5.77. The molecule has 0 heterocycles. The van der Waals surface area contributed by atoms with Crippen molar-refractivity contribution < 1.29 is 23.4 Å². The Balaban J connectivity index is 3.25. The number of carbonyl (C=O) groups is 1. The third-order valence-corrected chi connectivity index (χ3v) is 2.44. The van der Waals surface area contributed by atoms with Gasteiger partial charge in [-0.15, -0.1) is 0 Å². The molecule has 4 nitrogen and oxygen atoms in total. The molecule has 0 saturated heterocycles. The van der Waals surface area contributed by atoms with Crippen molar-refractivity contribution >= 4 is 28.6 Å². The SMILES string of the molecule is N#Cc1c(CC(=O)O)cc(I)cc1OC(F)F. The molecule has 0 aliphatic carbocycles. The molecule has 0 atom stereocenters. The fraction of sp³-hybridized carbons (Fsp3) is 0.200. The molecule has 0 aliphatic rings. The standard InChI is InChI=1S/C10H6F2INO3/c11-10(12)17-8-3-6(13)1-5(2-9(15)16)7(8)4-14/h1,3,10H,2H2,(H,15,16). The molecule has 0 spiro atoms. The molecule has 0 bridgehead atoms. The highest BCUT2D eigenvalue weighted by Gasteiger charge is 2.16. The number of ether oxygens (including phenoxy) is 1. The first-order valence-corrected chi connectivity index (χ1v) is 5.41. The Morgan fingerprint density at radius 2 is 2.24 bits per heavy atom. The first kappa shape index (κ1) is 13.6. The molecule has 0 unspecified atom stereocenters. The van der Waals surface area contributed by atoms with Crippen LogP contribution in [0.3, 0.4) is 0 Å². The first-order valence-electron chi connectivity index (χ1n) is 4.33. The highest BCUT2D eigenvalue weighted by molar-refractivity contribution is 14.1. The van der Waals surface area contributed by atoms with Gasteiger partial charge >= 0.3 is 12.6 Å². The highest BCUT2D eigenvalue weighted by atomic mass is 127. The van der Waals surface area contributed by atoms with Crippen LogP contribution in [0.1, 0.15) is 11.1 Å². The number of hydrogen-bond acceptors (Lipinski definition) is 3. The normalized spacial score (nSPS) is 10.1. The summed E-state index contributed by atoms with van der Waals surface area (Å²) < 4.78 is 28.9. The molecule has 0 fully saturated rings. The minimum atomic E-state index is -3.06. The molecule has 90 valence electrons. The number of rotatable bonds is 4. The molecule has 0 amide bonds. The van der Waals surface area contributed by atoms with Gasteiger partial charge < -0.3 is 9.84 Å². The average Bonchev–Trinajstić information content (AvgIpc) is 2.14. The van der Waals surface area contributed by atoms with Gasteiger partial charge in [0.2, 0.25) is 0 Å². The smallest absolute Gasteiger partial charge is 0.387 e. The molecule has 1 aromatic rings. The maximum Gasteiger partial charge on any atom is 0.387 e. The van der Waals surface area contributed by atoms with E-state index < -0.39 is 19.0 Å². The van der Waals surface area contributed by atoms with Crippen LogP contribution < -0.4 is 4.74 Å². The molecule has 0 saturated carbocycles. The van der Waals surface area contributed by atoms with Crippen molar-refractivity contribution in [2.45, 2.75) is 13.0 Å². The van der Waals surface area contributed by atoms with Crippen LogP contribution in [-0.2, 0) is 11.2 Å². The third-order valence-electron chi connectivity index (χ3n) is 1.82. The van der Waals surface area contributed by atoms with Gasteiger partial charge in [-0.1, -0.05) is 0 Å². The number of carboxylic acid groups (broad SMARTS) is 1. The van der Waals surface area contributed by atoms with Crippen LogP contribution in [0.4, 0.5) is 8.78 Å². The highest BCUT2D eigenvalue weighted by Crippen LogP contribution is 2.27. The third kappa shape index (κ3) is 3.81. The van der Waals surface area contributed by atoms with Crippen LogP contribution in [0.25, 0.3) is 0 Å². The molecule has 1 aromatic carbocycles. The number of nitriles is 1. The van der Waals surface area contributed by atoms with Gasteiger partial charge in [0.15, 0.2) is 0 Å². The van der Waals surface area contributed by atoms with E-state index in [1.165, 1.54) is 12.1 Å². The molecule has 1 N–H and O–H groups in total. The summed E-state index contributed by atoms with van der Waals surface area (Å²) in [4.78, 5) is 10.6. The van der Waals surface area contributed by atoms with E-state index in [1.807, 2.05) is 22.6 Å². The summed E-state index contributed by atoms with van der Waals surface area (Å²) in [6.07, 6.45) is -0.417. The Morgan fingerprint density at radius 3 is 2.71 bits per heavy atom. The number of aliphatic carboxylic acids is 1. The lowest BCUT2D eigenvalue weighted by molar-refractivity contribution is -0.136. The zero-order valence-electron chi connectivity index (χ0n) is 8.28. The molecular weight excluding hydrogens is 347 g/mol. The van der Waals surface area contributed by atoms with E-state index in [1.54, 1.807) is 6.07 Å². The Hall–Kier alpha value is -1.43. The van der Waals surface area contributed by atoms with Crippen molar-refractivity contribution in [3.63, 3.8) is 0 Å². The Labute approximate surface area is 109 Å². The lowest BCUT2D eigenvalue weighted by atomic mass is 10.0. The predicted octanol–water partition coefficient (Wildman–Crippen LogP) is 2.39. The van der Waals surface area contributed by atoms with Gasteiger partial charge in [0.05, 0.1) is 12.0 Å². The van der Waals surface area contributed by atoms with E-state index in [0.29, 0.717) is 3.57 Å². The minimum absolute atomic E-state index is 0.155. The Bertz CT molecular complexity index is 485. The van der Waals surface area contributed by atoms with E-state index in [-0.39, 0.29) is 16.9 Å². The molecular formula is C10H6F2INO3. The number of benzene rings is 1. The van der Waals surface area contributed by atoms with Gasteiger partial charge in [0.25, 0.3) is 0 Å². The van der Waals surface area contributed by atoms with E-state index >= 15 is 0 Å². The van der Waals surface area contributed by atoms with E-state index in [9.17, 15) is 13.6 Å². The second-order valence-corrected chi connectivity index (χ2v) is 4.24. The number of carboxylic acids is 1. The first-order chi connectivity index (χ1) is 7.93. The Morgan fingerprint density at radius 1 is 1.59 bits per heavy atom. The maximum atomic E-state index is 12.1.